The van der Waals surface area contributed by atoms with Gasteiger partial charge in [-0.3, -0.25) is 9.78 Å². The summed E-state index contributed by atoms with van der Waals surface area (Å²) < 4.78 is 0. The third-order valence-corrected chi connectivity index (χ3v) is 2.32. The molecule has 74 valence electrons. The van der Waals surface area contributed by atoms with E-state index in [0.29, 0.717) is 5.56 Å². The van der Waals surface area contributed by atoms with Crippen LogP contribution in [0.25, 0.3) is 0 Å². The molecule has 4 heteroatoms. The number of aryl methyl sites for hydroxylation is 1. The van der Waals surface area contributed by atoms with E-state index in [2.05, 4.69) is 10.3 Å². The Kier molecular flexibility index (Phi) is 2.21. The average molecular weight is 191 g/mol. The minimum atomic E-state index is -0.0616. The summed E-state index contributed by atoms with van der Waals surface area (Å²) in [6.45, 7) is 1.86. The number of aromatic nitrogens is 1. The van der Waals surface area contributed by atoms with E-state index in [4.69, 9.17) is 5.73 Å². The molecule has 1 saturated carbocycles. The normalized spacial score (nSPS) is 24.4. The molecule has 1 heterocycles. The smallest absolute Gasteiger partial charge is 0.251 e. The van der Waals surface area contributed by atoms with Crippen LogP contribution >= 0.6 is 0 Å². The summed E-state index contributed by atoms with van der Waals surface area (Å²) in [6.07, 6.45) is 2.52. The molecule has 14 heavy (non-hydrogen) atoms. The van der Waals surface area contributed by atoms with E-state index >= 15 is 0 Å². The molecule has 0 aliphatic heterocycles. The molecular weight excluding hydrogens is 178 g/mol. The first-order valence-corrected chi connectivity index (χ1v) is 4.66. The van der Waals surface area contributed by atoms with Crippen molar-refractivity contribution in [3.63, 3.8) is 0 Å². The van der Waals surface area contributed by atoms with Gasteiger partial charge in [0.25, 0.3) is 5.91 Å². The summed E-state index contributed by atoms with van der Waals surface area (Å²) in [6, 6.07) is 3.78. The van der Waals surface area contributed by atoms with Crippen LogP contribution in [0.2, 0.25) is 0 Å². The molecular formula is C10H13N3O. The van der Waals surface area contributed by atoms with E-state index in [1.54, 1.807) is 18.3 Å². The SMILES string of the molecule is Cc1cc(C(=O)NC2CC2N)ccn1. The molecule has 1 amide bonds. The Morgan fingerprint density at radius 3 is 3.00 bits per heavy atom. The van der Waals surface area contributed by atoms with Gasteiger partial charge in [0.2, 0.25) is 0 Å². The second kappa shape index (κ2) is 3.38. The molecule has 0 spiro atoms. The Bertz CT molecular complexity index is 364. The molecule has 0 radical (unpaired) electrons. The van der Waals surface area contributed by atoms with E-state index in [9.17, 15) is 4.79 Å². The van der Waals surface area contributed by atoms with Crippen molar-refractivity contribution in [3.8, 4) is 0 Å². The number of amides is 1. The lowest BCUT2D eigenvalue weighted by Crippen LogP contribution is -2.29. The Balaban J connectivity index is 2.03. The first-order chi connectivity index (χ1) is 6.66. The highest BCUT2D eigenvalue weighted by Crippen LogP contribution is 2.18. The van der Waals surface area contributed by atoms with Gasteiger partial charge in [0.15, 0.2) is 0 Å². The number of pyridine rings is 1. The minimum absolute atomic E-state index is 0.0616. The quantitative estimate of drug-likeness (QED) is 0.702. The van der Waals surface area contributed by atoms with Crippen molar-refractivity contribution in [1.29, 1.82) is 0 Å². The van der Waals surface area contributed by atoms with Crippen molar-refractivity contribution in [2.75, 3.05) is 0 Å². The van der Waals surface area contributed by atoms with Crippen LogP contribution in [-0.4, -0.2) is 23.0 Å². The number of rotatable bonds is 2. The maximum atomic E-state index is 11.6. The standard InChI is InChI=1S/C10H13N3O/c1-6-4-7(2-3-12-6)10(14)13-9-5-8(9)11/h2-4,8-9H,5,11H2,1H3,(H,13,14). The number of carbonyl (C=O) groups is 1. The molecule has 0 saturated heterocycles. The summed E-state index contributed by atoms with van der Waals surface area (Å²) in [5.41, 5.74) is 7.09. The molecule has 2 atom stereocenters. The topological polar surface area (TPSA) is 68.0 Å². The first kappa shape index (κ1) is 9.15. The summed E-state index contributed by atoms with van der Waals surface area (Å²) in [5, 5.41) is 2.86. The molecule has 3 N–H and O–H groups in total. The maximum absolute atomic E-state index is 11.6. The molecule has 1 aromatic heterocycles. The number of hydrogen-bond donors (Lipinski definition) is 2. The highest BCUT2D eigenvalue weighted by Gasteiger charge is 2.34. The molecule has 2 rings (SSSR count). The number of carbonyl (C=O) groups excluding carboxylic acids is 1. The van der Waals surface area contributed by atoms with Crippen molar-refractivity contribution in [1.82, 2.24) is 10.3 Å². The highest BCUT2D eigenvalue weighted by molar-refractivity contribution is 5.94. The van der Waals surface area contributed by atoms with Crippen molar-refractivity contribution in [2.24, 2.45) is 5.73 Å². The second-order valence-electron chi connectivity index (χ2n) is 3.67. The molecule has 4 nitrogen and oxygen atoms in total. The van der Waals surface area contributed by atoms with Gasteiger partial charge in [-0.25, -0.2) is 0 Å². The zero-order valence-electron chi connectivity index (χ0n) is 8.03. The fraction of sp³-hybridized carbons (Fsp3) is 0.400. The van der Waals surface area contributed by atoms with Crippen molar-refractivity contribution in [3.05, 3.63) is 29.6 Å². The summed E-state index contributed by atoms with van der Waals surface area (Å²) >= 11 is 0. The van der Waals surface area contributed by atoms with Crippen LogP contribution in [-0.2, 0) is 0 Å². The lowest BCUT2D eigenvalue weighted by molar-refractivity contribution is 0.0950. The lowest BCUT2D eigenvalue weighted by Gasteiger charge is -2.03. The van der Waals surface area contributed by atoms with Crippen LogP contribution < -0.4 is 11.1 Å². The van der Waals surface area contributed by atoms with Crippen LogP contribution in [0.1, 0.15) is 22.5 Å². The summed E-state index contributed by atoms with van der Waals surface area (Å²) in [5.74, 6) is -0.0616. The first-order valence-electron chi connectivity index (χ1n) is 4.66. The molecule has 1 aromatic rings. The van der Waals surface area contributed by atoms with E-state index in [1.807, 2.05) is 6.92 Å². The fourth-order valence-electron chi connectivity index (χ4n) is 1.32. The van der Waals surface area contributed by atoms with Gasteiger partial charge in [-0.15, -0.1) is 0 Å². The number of hydrogen-bond acceptors (Lipinski definition) is 3. The van der Waals surface area contributed by atoms with Gasteiger partial charge < -0.3 is 11.1 Å². The van der Waals surface area contributed by atoms with Gasteiger partial charge in [-0.2, -0.15) is 0 Å². The van der Waals surface area contributed by atoms with Crippen molar-refractivity contribution >= 4 is 5.91 Å². The van der Waals surface area contributed by atoms with Crippen LogP contribution in [0, 0.1) is 6.92 Å². The number of nitrogens with zero attached hydrogens (tertiary/aromatic N) is 1. The molecule has 1 aliphatic rings. The predicted molar refractivity (Wildman–Crippen MR) is 52.8 cm³/mol. The molecule has 1 fully saturated rings. The van der Waals surface area contributed by atoms with Gasteiger partial charge in [0.05, 0.1) is 0 Å². The van der Waals surface area contributed by atoms with E-state index in [1.165, 1.54) is 0 Å². The van der Waals surface area contributed by atoms with Crippen LogP contribution in [0.4, 0.5) is 0 Å². The molecule has 1 aliphatic carbocycles. The molecule has 0 aromatic carbocycles. The van der Waals surface area contributed by atoms with Crippen LogP contribution in [0.5, 0.6) is 0 Å². The van der Waals surface area contributed by atoms with Crippen molar-refractivity contribution < 1.29 is 4.79 Å². The third-order valence-electron chi connectivity index (χ3n) is 2.32. The minimum Gasteiger partial charge on any atom is -0.348 e. The second-order valence-corrected chi connectivity index (χ2v) is 3.67. The zero-order chi connectivity index (χ0) is 10.1. The largest absolute Gasteiger partial charge is 0.348 e. The van der Waals surface area contributed by atoms with Gasteiger partial charge in [-0.1, -0.05) is 0 Å². The van der Waals surface area contributed by atoms with Crippen molar-refractivity contribution in [2.45, 2.75) is 25.4 Å². The van der Waals surface area contributed by atoms with Gasteiger partial charge in [0, 0.05) is 29.5 Å². The molecule has 0 bridgehead atoms. The monoisotopic (exact) mass is 191 g/mol. The maximum Gasteiger partial charge on any atom is 0.251 e. The Hall–Kier alpha value is -1.42. The van der Waals surface area contributed by atoms with Gasteiger partial charge in [-0.05, 0) is 25.5 Å². The number of nitrogens with two attached hydrogens (primary N) is 1. The third kappa shape index (κ3) is 1.90. The number of nitrogens with one attached hydrogen (secondary N) is 1. The Morgan fingerprint density at radius 1 is 1.71 bits per heavy atom. The van der Waals surface area contributed by atoms with Crippen LogP contribution in [0.3, 0.4) is 0 Å². The fourth-order valence-corrected chi connectivity index (χ4v) is 1.32. The predicted octanol–water partition coefficient (Wildman–Crippen LogP) is 0.219. The van der Waals surface area contributed by atoms with Crippen LogP contribution in [0.15, 0.2) is 18.3 Å². The Labute approximate surface area is 82.5 Å². The summed E-state index contributed by atoms with van der Waals surface area (Å²) in [7, 11) is 0. The Morgan fingerprint density at radius 2 is 2.43 bits per heavy atom. The van der Waals surface area contributed by atoms with Gasteiger partial charge in [0.1, 0.15) is 0 Å². The lowest BCUT2D eigenvalue weighted by atomic mass is 10.2. The zero-order valence-corrected chi connectivity index (χ0v) is 8.03. The summed E-state index contributed by atoms with van der Waals surface area (Å²) in [4.78, 5) is 15.6. The van der Waals surface area contributed by atoms with E-state index in [-0.39, 0.29) is 18.0 Å². The van der Waals surface area contributed by atoms with Gasteiger partial charge >= 0.3 is 0 Å². The molecule has 2 unspecified atom stereocenters. The highest BCUT2D eigenvalue weighted by atomic mass is 16.1. The van der Waals surface area contributed by atoms with E-state index in [0.717, 1.165) is 12.1 Å². The average Bonchev–Trinajstić information content (AvgIpc) is 2.81. The van der Waals surface area contributed by atoms with E-state index < -0.39 is 0 Å².